The maximum atomic E-state index is 9.27. The minimum Gasteiger partial charge on any atom is -0.394 e. The Morgan fingerprint density at radius 3 is 2.72 bits per heavy atom. The van der Waals surface area contributed by atoms with Gasteiger partial charge in [0.15, 0.2) is 5.82 Å². The van der Waals surface area contributed by atoms with Crippen LogP contribution in [-0.2, 0) is 11.3 Å². The summed E-state index contributed by atoms with van der Waals surface area (Å²) in [6.07, 6.45) is 0. The molecule has 0 aliphatic carbocycles. The predicted molar refractivity (Wildman–Crippen MR) is 71.7 cm³/mol. The van der Waals surface area contributed by atoms with Crippen LogP contribution in [0.3, 0.4) is 0 Å². The number of hydrogen-bond donors (Lipinski definition) is 2. The van der Waals surface area contributed by atoms with Gasteiger partial charge in [-0.1, -0.05) is 25.4 Å². The summed E-state index contributed by atoms with van der Waals surface area (Å²) in [6, 6.07) is 1.58. The molecule has 1 aromatic rings. The first-order valence-electron chi connectivity index (χ1n) is 6.05. The third-order valence-corrected chi connectivity index (χ3v) is 2.70. The lowest BCUT2D eigenvalue weighted by molar-refractivity contribution is 0.128. The monoisotopic (exact) mass is 273 g/mol. The summed E-state index contributed by atoms with van der Waals surface area (Å²) in [5, 5.41) is 12.8. The molecule has 18 heavy (non-hydrogen) atoms. The number of hydrogen-bond acceptors (Lipinski definition) is 5. The minimum atomic E-state index is -0.0593. The molecule has 0 fully saturated rings. The van der Waals surface area contributed by atoms with Crippen molar-refractivity contribution in [3.8, 4) is 0 Å². The summed E-state index contributed by atoms with van der Waals surface area (Å²) in [6.45, 7) is 6.93. The number of halogens is 1. The van der Waals surface area contributed by atoms with Gasteiger partial charge in [0.05, 0.1) is 12.6 Å². The quantitative estimate of drug-likeness (QED) is 0.745. The highest BCUT2D eigenvalue weighted by Gasteiger charge is 2.13. The van der Waals surface area contributed by atoms with E-state index in [4.69, 9.17) is 16.3 Å². The van der Waals surface area contributed by atoms with Crippen molar-refractivity contribution in [1.82, 2.24) is 9.97 Å². The topological polar surface area (TPSA) is 67.3 Å². The van der Waals surface area contributed by atoms with Gasteiger partial charge in [-0.05, 0) is 12.8 Å². The van der Waals surface area contributed by atoms with Crippen LogP contribution in [-0.4, -0.2) is 34.3 Å². The van der Waals surface area contributed by atoms with Crippen molar-refractivity contribution in [1.29, 1.82) is 0 Å². The Morgan fingerprint density at radius 2 is 2.17 bits per heavy atom. The van der Waals surface area contributed by atoms with Gasteiger partial charge >= 0.3 is 0 Å². The summed E-state index contributed by atoms with van der Waals surface area (Å²) in [5.41, 5.74) is 0. The Balaban J connectivity index is 2.78. The van der Waals surface area contributed by atoms with E-state index in [0.717, 1.165) is 0 Å². The molecule has 0 unspecified atom stereocenters. The average Bonchev–Trinajstić information content (AvgIpc) is 2.32. The van der Waals surface area contributed by atoms with E-state index in [1.165, 1.54) is 0 Å². The number of rotatable bonds is 7. The molecule has 0 radical (unpaired) electrons. The Bertz CT molecular complexity index is 374. The SMILES string of the molecule is CCOCc1nc(Cl)cc(N[C@H](CO)C(C)C)n1. The van der Waals surface area contributed by atoms with E-state index in [0.29, 0.717) is 35.9 Å². The van der Waals surface area contributed by atoms with E-state index >= 15 is 0 Å². The van der Waals surface area contributed by atoms with Crippen molar-refractivity contribution >= 4 is 17.4 Å². The van der Waals surface area contributed by atoms with Gasteiger partial charge in [0.2, 0.25) is 0 Å². The fourth-order valence-electron chi connectivity index (χ4n) is 1.41. The molecule has 0 aliphatic rings. The summed E-state index contributed by atoms with van der Waals surface area (Å²) in [7, 11) is 0. The summed E-state index contributed by atoms with van der Waals surface area (Å²) >= 11 is 5.93. The van der Waals surface area contributed by atoms with Crippen LogP contribution in [0.5, 0.6) is 0 Å². The maximum absolute atomic E-state index is 9.27. The zero-order chi connectivity index (χ0) is 13.5. The minimum absolute atomic E-state index is 0.0417. The predicted octanol–water partition coefficient (Wildman–Crippen LogP) is 2.10. The first-order valence-corrected chi connectivity index (χ1v) is 6.43. The number of aliphatic hydroxyl groups is 1. The molecule has 102 valence electrons. The molecular weight excluding hydrogens is 254 g/mol. The van der Waals surface area contributed by atoms with Crippen LogP contribution >= 0.6 is 11.6 Å². The molecule has 0 saturated heterocycles. The zero-order valence-electron chi connectivity index (χ0n) is 11.0. The fourth-order valence-corrected chi connectivity index (χ4v) is 1.61. The number of anilines is 1. The summed E-state index contributed by atoms with van der Waals surface area (Å²) < 4.78 is 5.25. The van der Waals surface area contributed by atoms with Crippen LogP contribution in [0.4, 0.5) is 5.82 Å². The molecule has 0 aliphatic heterocycles. The maximum Gasteiger partial charge on any atom is 0.158 e. The molecule has 1 heterocycles. The van der Waals surface area contributed by atoms with Gasteiger partial charge in [0, 0.05) is 12.7 Å². The molecule has 5 nitrogen and oxygen atoms in total. The van der Waals surface area contributed by atoms with Crippen LogP contribution in [0.25, 0.3) is 0 Å². The molecule has 1 aromatic heterocycles. The number of aliphatic hydroxyl groups excluding tert-OH is 1. The van der Waals surface area contributed by atoms with Crippen LogP contribution < -0.4 is 5.32 Å². The molecule has 0 bridgehead atoms. The highest BCUT2D eigenvalue weighted by atomic mass is 35.5. The van der Waals surface area contributed by atoms with E-state index in [1.807, 2.05) is 20.8 Å². The highest BCUT2D eigenvalue weighted by molar-refractivity contribution is 6.29. The van der Waals surface area contributed by atoms with Gasteiger partial charge in [0.25, 0.3) is 0 Å². The molecule has 0 aromatic carbocycles. The normalized spacial score (nSPS) is 12.8. The third kappa shape index (κ3) is 4.76. The van der Waals surface area contributed by atoms with E-state index < -0.39 is 0 Å². The van der Waals surface area contributed by atoms with E-state index in [9.17, 15) is 5.11 Å². The van der Waals surface area contributed by atoms with Crippen LogP contribution in [0.15, 0.2) is 6.07 Å². The second-order valence-electron chi connectivity index (χ2n) is 4.31. The second kappa shape index (κ2) is 7.51. The van der Waals surface area contributed by atoms with Crippen LogP contribution in [0.2, 0.25) is 5.15 Å². The van der Waals surface area contributed by atoms with E-state index in [-0.39, 0.29) is 12.6 Å². The lowest BCUT2D eigenvalue weighted by atomic mass is 10.1. The Kier molecular flexibility index (Phi) is 6.32. The number of aromatic nitrogens is 2. The van der Waals surface area contributed by atoms with Gasteiger partial charge in [-0.15, -0.1) is 0 Å². The lowest BCUT2D eigenvalue weighted by Gasteiger charge is -2.20. The van der Waals surface area contributed by atoms with E-state index in [1.54, 1.807) is 6.07 Å². The van der Waals surface area contributed by atoms with Crippen molar-refractivity contribution < 1.29 is 9.84 Å². The Hall–Kier alpha value is -0.910. The molecule has 1 atom stereocenters. The van der Waals surface area contributed by atoms with Crippen LogP contribution in [0, 0.1) is 5.92 Å². The van der Waals surface area contributed by atoms with Gasteiger partial charge < -0.3 is 15.2 Å². The second-order valence-corrected chi connectivity index (χ2v) is 4.69. The first kappa shape index (κ1) is 15.1. The lowest BCUT2D eigenvalue weighted by Crippen LogP contribution is -2.30. The summed E-state index contributed by atoms with van der Waals surface area (Å²) in [4.78, 5) is 8.37. The third-order valence-electron chi connectivity index (χ3n) is 2.51. The van der Waals surface area contributed by atoms with Gasteiger partial charge in [-0.2, -0.15) is 0 Å². The highest BCUT2D eigenvalue weighted by Crippen LogP contribution is 2.15. The number of nitrogens with one attached hydrogen (secondary N) is 1. The Labute approximate surface area is 113 Å². The van der Waals surface area contributed by atoms with Crippen molar-refractivity contribution in [3.05, 3.63) is 17.0 Å². The standard InChI is InChI=1S/C12H20ClN3O2/c1-4-18-7-12-15-10(13)5-11(16-12)14-9(6-17)8(2)3/h5,8-9,17H,4,6-7H2,1-3H3,(H,14,15,16)/t9-/m1/s1. The van der Waals surface area contributed by atoms with Crippen molar-refractivity contribution in [2.75, 3.05) is 18.5 Å². The van der Waals surface area contributed by atoms with Gasteiger partial charge in [-0.3, -0.25) is 0 Å². The van der Waals surface area contributed by atoms with Gasteiger partial charge in [-0.25, -0.2) is 9.97 Å². The largest absolute Gasteiger partial charge is 0.394 e. The molecule has 2 N–H and O–H groups in total. The molecule has 0 spiro atoms. The Morgan fingerprint density at radius 1 is 1.44 bits per heavy atom. The zero-order valence-corrected chi connectivity index (χ0v) is 11.7. The van der Waals surface area contributed by atoms with E-state index in [2.05, 4.69) is 15.3 Å². The van der Waals surface area contributed by atoms with Gasteiger partial charge in [0.1, 0.15) is 17.6 Å². The van der Waals surface area contributed by atoms with Crippen molar-refractivity contribution in [3.63, 3.8) is 0 Å². The molecule has 0 amide bonds. The average molecular weight is 274 g/mol. The molecule has 1 rings (SSSR count). The van der Waals surface area contributed by atoms with Crippen LogP contribution in [0.1, 0.15) is 26.6 Å². The smallest absolute Gasteiger partial charge is 0.158 e. The number of nitrogens with zero attached hydrogens (tertiary/aromatic N) is 2. The van der Waals surface area contributed by atoms with Crippen molar-refractivity contribution in [2.45, 2.75) is 33.4 Å². The first-order chi connectivity index (χ1) is 8.56. The molecule has 6 heteroatoms. The fraction of sp³-hybridized carbons (Fsp3) is 0.667. The number of ether oxygens (including phenoxy) is 1. The van der Waals surface area contributed by atoms with Crippen molar-refractivity contribution in [2.24, 2.45) is 5.92 Å². The molecular formula is C12H20ClN3O2. The summed E-state index contributed by atoms with van der Waals surface area (Å²) in [5.74, 6) is 1.43. The molecule has 0 saturated carbocycles.